The van der Waals surface area contributed by atoms with E-state index >= 15 is 0 Å². The van der Waals surface area contributed by atoms with Gasteiger partial charge in [0.05, 0.1) is 6.61 Å². The van der Waals surface area contributed by atoms with Crippen molar-refractivity contribution in [3.63, 3.8) is 0 Å². The molecular weight excluding hydrogens is 183 g/mol. The summed E-state index contributed by atoms with van der Waals surface area (Å²) >= 11 is 0. The summed E-state index contributed by atoms with van der Waals surface area (Å²) < 4.78 is 4.65. The van der Waals surface area contributed by atoms with Gasteiger partial charge < -0.3 is 9.84 Å². The number of ether oxygens (including phenoxy) is 1. The molecule has 5 heteroatoms. The Bertz CT molecular complexity index is 200. The van der Waals surface area contributed by atoms with Crippen LogP contribution >= 0.6 is 0 Å². The molecule has 0 saturated carbocycles. The van der Waals surface area contributed by atoms with E-state index in [2.05, 4.69) is 11.3 Å². The molecule has 0 bridgehead atoms. The van der Waals surface area contributed by atoms with Crippen molar-refractivity contribution in [2.24, 2.45) is 0 Å². The van der Waals surface area contributed by atoms with Crippen molar-refractivity contribution in [1.29, 1.82) is 0 Å². The second kappa shape index (κ2) is 8.29. The first-order valence-electron chi connectivity index (χ1n) is 3.58. The molecule has 0 aromatic carbocycles. The number of rotatable bonds is 5. The summed E-state index contributed by atoms with van der Waals surface area (Å²) in [7, 11) is 0. The molecule has 70 valence electrons. The molecule has 13 heavy (non-hydrogen) atoms. The van der Waals surface area contributed by atoms with Gasteiger partial charge in [0, 0.05) is 12.0 Å². The average molecular weight is 196 g/mol. The van der Waals surface area contributed by atoms with Gasteiger partial charge in [-0.15, -0.1) is 0 Å². The molecule has 0 aromatic heterocycles. The topological polar surface area (TPSA) is 63.6 Å². The SMILES string of the molecule is C=C(C)C(=O)OCCCC(=O)O.[NaH]. The van der Waals surface area contributed by atoms with Gasteiger partial charge in [0.2, 0.25) is 0 Å². The van der Waals surface area contributed by atoms with Crippen molar-refractivity contribution in [3.8, 4) is 0 Å². The maximum atomic E-state index is 10.7. The zero-order valence-electron chi connectivity index (χ0n) is 7.00. The van der Waals surface area contributed by atoms with Crippen molar-refractivity contribution in [3.05, 3.63) is 12.2 Å². The molecule has 0 spiro atoms. The molecule has 0 aromatic rings. The van der Waals surface area contributed by atoms with Gasteiger partial charge in [0.1, 0.15) is 0 Å². The predicted octanol–water partition coefficient (Wildman–Crippen LogP) is 0.322. The molecule has 0 aliphatic heterocycles. The third-order valence-corrected chi connectivity index (χ3v) is 1.12. The van der Waals surface area contributed by atoms with Crippen LogP contribution in [0.25, 0.3) is 0 Å². The molecule has 1 N–H and O–H groups in total. The van der Waals surface area contributed by atoms with Crippen molar-refractivity contribution in [2.45, 2.75) is 19.8 Å². The second-order valence-electron chi connectivity index (χ2n) is 2.41. The number of esters is 1. The molecule has 0 radical (unpaired) electrons. The molecule has 0 aliphatic carbocycles. The minimum atomic E-state index is -0.888. The number of aliphatic carboxylic acids is 1. The Morgan fingerprint density at radius 2 is 2.00 bits per heavy atom. The summed E-state index contributed by atoms with van der Waals surface area (Å²) in [5, 5.41) is 8.23. The molecule has 0 aliphatic rings. The zero-order valence-corrected chi connectivity index (χ0v) is 7.00. The van der Waals surface area contributed by atoms with Crippen LogP contribution < -0.4 is 0 Å². The van der Waals surface area contributed by atoms with E-state index in [9.17, 15) is 9.59 Å². The van der Waals surface area contributed by atoms with Gasteiger partial charge in [-0.1, -0.05) is 6.58 Å². The van der Waals surface area contributed by atoms with Gasteiger partial charge in [0.25, 0.3) is 0 Å². The van der Waals surface area contributed by atoms with Crippen LogP contribution in [0.5, 0.6) is 0 Å². The number of carbonyl (C=O) groups is 2. The summed E-state index contributed by atoms with van der Waals surface area (Å²) in [5.74, 6) is -1.36. The number of hydrogen-bond acceptors (Lipinski definition) is 3. The van der Waals surface area contributed by atoms with Crippen LogP contribution in [0.3, 0.4) is 0 Å². The second-order valence-corrected chi connectivity index (χ2v) is 2.41. The maximum absolute atomic E-state index is 10.7. The molecule has 0 saturated heterocycles. The van der Waals surface area contributed by atoms with E-state index in [4.69, 9.17) is 5.11 Å². The molecule has 0 atom stereocenters. The van der Waals surface area contributed by atoms with Crippen molar-refractivity contribution in [1.82, 2.24) is 0 Å². The Morgan fingerprint density at radius 1 is 1.46 bits per heavy atom. The van der Waals surface area contributed by atoms with Crippen LogP contribution in [0.2, 0.25) is 0 Å². The van der Waals surface area contributed by atoms with Crippen molar-refractivity contribution < 1.29 is 19.4 Å². The van der Waals surface area contributed by atoms with Gasteiger partial charge in [-0.05, 0) is 13.3 Å². The molecule has 0 rings (SSSR count). The summed E-state index contributed by atoms with van der Waals surface area (Å²) in [6.07, 6.45) is 0.359. The number of hydrogen-bond donors (Lipinski definition) is 1. The Labute approximate surface area is 99.2 Å². The Balaban J connectivity index is 0. The van der Waals surface area contributed by atoms with Crippen LogP contribution in [0, 0.1) is 0 Å². The first kappa shape index (κ1) is 15.2. The monoisotopic (exact) mass is 196 g/mol. The summed E-state index contributed by atoms with van der Waals surface area (Å²) in [5.41, 5.74) is 0.324. The Morgan fingerprint density at radius 3 is 2.38 bits per heavy atom. The molecule has 4 nitrogen and oxygen atoms in total. The third kappa shape index (κ3) is 9.60. The van der Waals surface area contributed by atoms with Gasteiger partial charge in [-0.3, -0.25) is 4.79 Å². The van der Waals surface area contributed by atoms with E-state index in [0.717, 1.165) is 0 Å². The molecule has 0 fully saturated rings. The number of carboxylic acids is 1. The molecule has 0 unspecified atom stereocenters. The zero-order chi connectivity index (χ0) is 9.56. The first-order valence-corrected chi connectivity index (χ1v) is 3.58. The third-order valence-electron chi connectivity index (χ3n) is 1.12. The number of carboxylic acid groups (broad SMARTS) is 1. The van der Waals surface area contributed by atoms with Crippen molar-refractivity contribution in [2.75, 3.05) is 6.61 Å². The van der Waals surface area contributed by atoms with Gasteiger partial charge in [0.15, 0.2) is 0 Å². The van der Waals surface area contributed by atoms with Gasteiger partial charge >= 0.3 is 41.5 Å². The summed E-state index contributed by atoms with van der Waals surface area (Å²) in [4.78, 5) is 20.7. The van der Waals surface area contributed by atoms with Crippen LogP contribution in [0.1, 0.15) is 19.8 Å². The minimum absolute atomic E-state index is 0. The molecule has 0 heterocycles. The standard InChI is InChI=1S/C8H12O4.Na.H/c1-6(2)8(11)12-5-3-4-7(9)10;;/h1,3-5H2,2H3,(H,9,10);;. The van der Waals surface area contributed by atoms with Gasteiger partial charge in [-0.25, -0.2) is 4.79 Å². The Kier molecular flexibility index (Phi) is 9.67. The van der Waals surface area contributed by atoms with Crippen LogP contribution in [0.4, 0.5) is 0 Å². The van der Waals surface area contributed by atoms with E-state index in [1.54, 1.807) is 6.92 Å². The molecular formula is C8H13NaO4. The average Bonchev–Trinajstić information content (AvgIpc) is 1.97. The summed E-state index contributed by atoms with van der Waals surface area (Å²) in [6.45, 7) is 5.06. The van der Waals surface area contributed by atoms with Crippen LogP contribution in [0.15, 0.2) is 12.2 Å². The van der Waals surface area contributed by atoms with Crippen molar-refractivity contribution >= 4 is 41.5 Å². The number of carbonyl (C=O) groups excluding carboxylic acids is 1. The molecule has 0 amide bonds. The summed E-state index contributed by atoms with van der Waals surface area (Å²) in [6, 6.07) is 0. The first-order chi connectivity index (χ1) is 5.54. The van der Waals surface area contributed by atoms with E-state index in [-0.39, 0.29) is 42.6 Å². The fourth-order valence-corrected chi connectivity index (χ4v) is 0.511. The van der Waals surface area contributed by atoms with Crippen LogP contribution in [-0.4, -0.2) is 53.2 Å². The van der Waals surface area contributed by atoms with Crippen LogP contribution in [-0.2, 0) is 14.3 Å². The van der Waals surface area contributed by atoms with E-state index in [1.807, 2.05) is 0 Å². The van der Waals surface area contributed by atoms with Gasteiger partial charge in [-0.2, -0.15) is 0 Å². The Hall–Kier alpha value is -0.320. The fourth-order valence-electron chi connectivity index (χ4n) is 0.511. The fraction of sp³-hybridized carbons (Fsp3) is 0.500. The normalized spacial score (nSPS) is 8.38. The van der Waals surface area contributed by atoms with E-state index in [0.29, 0.717) is 12.0 Å². The predicted molar refractivity (Wildman–Crippen MR) is 49.8 cm³/mol. The quantitative estimate of drug-likeness (QED) is 0.298. The van der Waals surface area contributed by atoms with E-state index in [1.165, 1.54) is 0 Å². The van der Waals surface area contributed by atoms with E-state index < -0.39 is 11.9 Å².